The van der Waals surface area contributed by atoms with Crippen LogP contribution in [0.4, 0.5) is 5.69 Å². The molecule has 92 valence electrons. The maximum atomic E-state index is 8.71. The lowest BCUT2D eigenvalue weighted by molar-refractivity contribution is 0.343. The van der Waals surface area contributed by atoms with Gasteiger partial charge in [-0.25, -0.2) is 0 Å². The molecule has 0 bridgehead atoms. The molecule has 0 aliphatic heterocycles. The number of thiocarbonyl (C=S) groups is 1. The molecule has 0 atom stereocenters. The molecule has 0 fully saturated rings. The average molecular weight is 250 g/mol. The molecule has 17 heavy (non-hydrogen) atoms. The predicted molar refractivity (Wildman–Crippen MR) is 77.1 cm³/mol. The molecule has 0 aliphatic rings. The van der Waals surface area contributed by atoms with E-state index in [0.29, 0.717) is 11.2 Å². The Morgan fingerprint density at radius 3 is 2.88 bits per heavy atom. The predicted octanol–water partition coefficient (Wildman–Crippen LogP) is 2.39. The molecule has 0 radical (unpaired) electrons. The quantitative estimate of drug-likeness (QED) is 0.718. The lowest BCUT2D eigenvalue weighted by atomic mass is 10.2. The lowest BCUT2D eigenvalue weighted by Crippen LogP contribution is -2.33. The molecule has 1 aromatic carbocycles. The van der Waals surface area contributed by atoms with E-state index < -0.39 is 0 Å². The van der Waals surface area contributed by atoms with Gasteiger partial charge in [0.05, 0.1) is 6.61 Å². The Morgan fingerprint density at radius 1 is 1.47 bits per heavy atom. The topological polar surface area (TPSA) is 44.3 Å². The van der Waals surface area contributed by atoms with Crippen LogP contribution in [0.5, 0.6) is 0 Å². The largest absolute Gasteiger partial charge is 0.392 e. The van der Waals surface area contributed by atoms with Crippen molar-refractivity contribution in [3.05, 3.63) is 35.9 Å². The monoisotopic (exact) mass is 250 g/mol. The maximum absolute atomic E-state index is 8.71. The van der Waals surface area contributed by atoms with E-state index in [1.807, 2.05) is 44.2 Å². The number of rotatable bonds is 4. The van der Waals surface area contributed by atoms with E-state index in [4.69, 9.17) is 17.3 Å². The molecule has 0 amide bonds. The zero-order valence-electron chi connectivity index (χ0n) is 10.1. The van der Waals surface area contributed by atoms with Crippen LogP contribution in [0.2, 0.25) is 0 Å². The Balaban J connectivity index is 2.65. The summed E-state index contributed by atoms with van der Waals surface area (Å²) in [4.78, 5) is 0. The van der Waals surface area contributed by atoms with Crippen LogP contribution in [-0.4, -0.2) is 22.9 Å². The highest BCUT2D eigenvalue weighted by molar-refractivity contribution is 7.80. The second-order valence-corrected chi connectivity index (χ2v) is 4.37. The van der Waals surface area contributed by atoms with E-state index >= 15 is 0 Å². The number of benzene rings is 1. The van der Waals surface area contributed by atoms with Gasteiger partial charge in [-0.05, 0) is 43.8 Å². The van der Waals surface area contributed by atoms with Crippen molar-refractivity contribution in [2.45, 2.75) is 19.9 Å². The standard InChI is InChI=1S/C13H18N2OS/c1-10(2)14-13(17)15-12-7-3-5-11(9-12)6-4-8-16/h3-7,9-10,16H,8H2,1-2H3,(H2,14,15,17)/b6-4+. The molecule has 4 heteroatoms. The summed E-state index contributed by atoms with van der Waals surface area (Å²) >= 11 is 5.16. The smallest absolute Gasteiger partial charge is 0.170 e. The van der Waals surface area contributed by atoms with Crippen LogP contribution in [0.15, 0.2) is 30.3 Å². The van der Waals surface area contributed by atoms with Crippen LogP contribution >= 0.6 is 12.2 Å². The minimum absolute atomic E-state index is 0.0466. The molecular weight excluding hydrogens is 232 g/mol. The highest BCUT2D eigenvalue weighted by atomic mass is 32.1. The fourth-order valence-corrected chi connectivity index (χ4v) is 1.69. The van der Waals surface area contributed by atoms with Crippen LogP contribution in [0.1, 0.15) is 19.4 Å². The minimum Gasteiger partial charge on any atom is -0.392 e. The van der Waals surface area contributed by atoms with Crippen molar-refractivity contribution in [3.8, 4) is 0 Å². The number of aliphatic hydroxyl groups excluding tert-OH is 1. The summed E-state index contributed by atoms with van der Waals surface area (Å²) in [6.45, 7) is 4.12. The molecule has 0 spiro atoms. The first kappa shape index (κ1) is 13.7. The lowest BCUT2D eigenvalue weighted by Gasteiger charge is -2.13. The summed E-state index contributed by atoms with van der Waals surface area (Å²) in [6.07, 6.45) is 3.56. The Kier molecular flexibility index (Phi) is 5.66. The van der Waals surface area contributed by atoms with Gasteiger partial charge in [0.2, 0.25) is 0 Å². The Bertz CT molecular complexity index is 402. The van der Waals surface area contributed by atoms with E-state index in [1.165, 1.54) is 0 Å². The Labute approximate surface area is 108 Å². The fraction of sp³-hybridized carbons (Fsp3) is 0.308. The van der Waals surface area contributed by atoms with Gasteiger partial charge in [0.25, 0.3) is 0 Å². The molecule has 1 rings (SSSR count). The summed E-state index contributed by atoms with van der Waals surface area (Å²) in [7, 11) is 0. The molecule has 3 nitrogen and oxygen atoms in total. The Morgan fingerprint density at radius 2 is 2.24 bits per heavy atom. The number of hydrogen-bond donors (Lipinski definition) is 3. The van der Waals surface area contributed by atoms with Crippen molar-refractivity contribution >= 4 is 29.1 Å². The molecule has 0 aromatic heterocycles. The third kappa shape index (κ3) is 5.47. The van der Waals surface area contributed by atoms with Crippen molar-refractivity contribution in [1.82, 2.24) is 5.32 Å². The molecule has 1 aromatic rings. The van der Waals surface area contributed by atoms with Gasteiger partial charge >= 0.3 is 0 Å². The van der Waals surface area contributed by atoms with Crippen molar-refractivity contribution in [3.63, 3.8) is 0 Å². The van der Waals surface area contributed by atoms with E-state index in [2.05, 4.69) is 10.6 Å². The van der Waals surface area contributed by atoms with Gasteiger partial charge in [-0.2, -0.15) is 0 Å². The molecule has 0 saturated carbocycles. The third-order valence-electron chi connectivity index (χ3n) is 1.98. The van der Waals surface area contributed by atoms with Gasteiger partial charge in [-0.1, -0.05) is 24.3 Å². The number of hydrogen-bond acceptors (Lipinski definition) is 2. The summed E-state index contributed by atoms with van der Waals surface area (Å²) in [5.41, 5.74) is 1.96. The highest BCUT2D eigenvalue weighted by Crippen LogP contribution is 2.11. The van der Waals surface area contributed by atoms with Gasteiger partial charge in [0.1, 0.15) is 0 Å². The Hall–Kier alpha value is -1.39. The van der Waals surface area contributed by atoms with E-state index in [1.54, 1.807) is 6.08 Å². The van der Waals surface area contributed by atoms with Gasteiger partial charge in [0.15, 0.2) is 5.11 Å². The maximum Gasteiger partial charge on any atom is 0.170 e. The first-order chi connectivity index (χ1) is 8.11. The van der Waals surface area contributed by atoms with E-state index in [-0.39, 0.29) is 6.61 Å². The summed E-state index contributed by atoms with van der Waals surface area (Å²) in [6, 6.07) is 8.14. The summed E-state index contributed by atoms with van der Waals surface area (Å²) in [5, 5.41) is 15.6. The summed E-state index contributed by atoms with van der Waals surface area (Å²) in [5.74, 6) is 0. The molecule has 0 heterocycles. The van der Waals surface area contributed by atoms with Crippen molar-refractivity contribution in [2.24, 2.45) is 0 Å². The van der Waals surface area contributed by atoms with Crippen LogP contribution in [0.3, 0.4) is 0 Å². The fourth-order valence-electron chi connectivity index (χ4n) is 1.34. The highest BCUT2D eigenvalue weighted by Gasteiger charge is 1.99. The van der Waals surface area contributed by atoms with Gasteiger partial charge in [-0.3, -0.25) is 0 Å². The van der Waals surface area contributed by atoms with E-state index in [9.17, 15) is 0 Å². The number of nitrogens with one attached hydrogen (secondary N) is 2. The molecule has 0 unspecified atom stereocenters. The van der Waals surface area contributed by atoms with Gasteiger partial charge in [-0.15, -0.1) is 0 Å². The second kappa shape index (κ2) is 7.04. The first-order valence-corrected chi connectivity index (χ1v) is 5.97. The van der Waals surface area contributed by atoms with Crippen LogP contribution in [-0.2, 0) is 0 Å². The third-order valence-corrected chi connectivity index (χ3v) is 2.20. The molecule has 3 N–H and O–H groups in total. The first-order valence-electron chi connectivity index (χ1n) is 5.57. The minimum atomic E-state index is 0.0466. The normalized spacial score (nSPS) is 10.8. The molecule has 0 saturated heterocycles. The van der Waals surface area contributed by atoms with Gasteiger partial charge < -0.3 is 15.7 Å². The van der Waals surface area contributed by atoms with Crippen LogP contribution in [0.25, 0.3) is 6.08 Å². The molecular formula is C13H18N2OS. The number of anilines is 1. The molecule has 0 aliphatic carbocycles. The zero-order chi connectivity index (χ0) is 12.7. The average Bonchev–Trinajstić information content (AvgIpc) is 2.25. The SMILES string of the molecule is CC(C)NC(=S)Nc1cccc(/C=C/CO)c1. The van der Waals surface area contributed by atoms with Crippen molar-refractivity contribution in [1.29, 1.82) is 0 Å². The van der Waals surface area contributed by atoms with Crippen LogP contribution in [0, 0.1) is 0 Å². The second-order valence-electron chi connectivity index (χ2n) is 3.96. The van der Waals surface area contributed by atoms with Gasteiger partial charge in [0, 0.05) is 11.7 Å². The van der Waals surface area contributed by atoms with Crippen molar-refractivity contribution < 1.29 is 5.11 Å². The number of aliphatic hydroxyl groups is 1. The summed E-state index contributed by atoms with van der Waals surface area (Å²) < 4.78 is 0. The zero-order valence-corrected chi connectivity index (χ0v) is 10.9. The van der Waals surface area contributed by atoms with Crippen LogP contribution < -0.4 is 10.6 Å². The van der Waals surface area contributed by atoms with Crippen molar-refractivity contribution in [2.75, 3.05) is 11.9 Å². The van der Waals surface area contributed by atoms with E-state index in [0.717, 1.165) is 11.3 Å².